The summed E-state index contributed by atoms with van der Waals surface area (Å²) in [6.07, 6.45) is 1.12. The van der Waals surface area contributed by atoms with Gasteiger partial charge in [0.2, 0.25) is 11.8 Å². The molecule has 1 aliphatic rings. The average Bonchev–Trinajstić information content (AvgIpc) is 2.71. The van der Waals surface area contributed by atoms with Crippen molar-refractivity contribution in [1.82, 2.24) is 10.2 Å². The fraction of sp³-hybridized carbons (Fsp3) is 0.467. The summed E-state index contributed by atoms with van der Waals surface area (Å²) in [5.74, 6) is -0.518. The van der Waals surface area contributed by atoms with Crippen LogP contribution in [0, 0.1) is 0 Å². The van der Waals surface area contributed by atoms with E-state index in [4.69, 9.17) is 0 Å². The number of anilines is 1. The van der Waals surface area contributed by atoms with Crippen LogP contribution in [0.5, 0.6) is 0 Å². The van der Waals surface area contributed by atoms with Gasteiger partial charge in [-0.25, -0.2) is 0 Å². The van der Waals surface area contributed by atoms with Crippen LogP contribution < -0.4 is 10.6 Å². The van der Waals surface area contributed by atoms with Crippen molar-refractivity contribution in [3.8, 4) is 0 Å². The summed E-state index contributed by atoms with van der Waals surface area (Å²) < 4.78 is 0. The zero-order valence-corrected chi connectivity index (χ0v) is 12.0. The topological polar surface area (TPSA) is 61.4 Å². The maximum Gasteiger partial charge on any atom is 0.232 e. The molecule has 2 amide bonds. The summed E-state index contributed by atoms with van der Waals surface area (Å²) >= 11 is 0. The minimum absolute atomic E-state index is 0.0689. The van der Waals surface area contributed by atoms with Crippen molar-refractivity contribution >= 4 is 17.5 Å². The molecule has 1 unspecified atom stereocenters. The van der Waals surface area contributed by atoms with Gasteiger partial charge in [0.05, 0.1) is 5.92 Å². The predicted molar refractivity (Wildman–Crippen MR) is 78.6 cm³/mol. The normalized spacial score (nSPS) is 16.9. The summed E-state index contributed by atoms with van der Waals surface area (Å²) in [6.45, 7) is 1.58. The van der Waals surface area contributed by atoms with Crippen molar-refractivity contribution < 1.29 is 9.59 Å². The molecular formula is C15H21N3O2. The molecule has 1 heterocycles. The highest BCUT2D eigenvalue weighted by atomic mass is 16.2. The van der Waals surface area contributed by atoms with Crippen molar-refractivity contribution in [1.29, 1.82) is 0 Å². The molecule has 0 aromatic heterocycles. The molecule has 0 bridgehead atoms. The van der Waals surface area contributed by atoms with Gasteiger partial charge >= 0.3 is 0 Å². The second-order valence-corrected chi connectivity index (χ2v) is 5.34. The molecule has 1 atom stereocenters. The Morgan fingerprint density at radius 1 is 1.35 bits per heavy atom. The largest absolute Gasteiger partial charge is 0.356 e. The van der Waals surface area contributed by atoms with Gasteiger partial charge in [-0.2, -0.15) is 0 Å². The first-order valence-electron chi connectivity index (χ1n) is 6.89. The van der Waals surface area contributed by atoms with Gasteiger partial charge in [0, 0.05) is 18.7 Å². The smallest absolute Gasteiger partial charge is 0.232 e. The van der Waals surface area contributed by atoms with Crippen LogP contribution in [0.15, 0.2) is 24.3 Å². The molecule has 0 aliphatic carbocycles. The van der Waals surface area contributed by atoms with E-state index in [1.807, 2.05) is 38.4 Å². The highest BCUT2D eigenvalue weighted by Gasteiger charge is 2.31. The van der Waals surface area contributed by atoms with Crippen molar-refractivity contribution in [3.05, 3.63) is 29.8 Å². The number of carbonyl (C=O) groups is 2. The van der Waals surface area contributed by atoms with Gasteiger partial charge in [-0.3, -0.25) is 9.59 Å². The molecule has 1 aliphatic heterocycles. The van der Waals surface area contributed by atoms with Crippen molar-refractivity contribution in [2.24, 2.45) is 0 Å². The van der Waals surface area contributed by atoms with Crippen LogP contribution in [0.25, 0.3) is 0 Å². The van der Waals surface area contributed by atoms with Gasteiger partial charge in [-0.1, -0.05) is 18.2 Å². The van der Waals surface area contributed by atoms with Gasteiger partial charge in [-0.15, -0.1) is 0 Å². The van der Waals surface area contributed by atoms with Crippen molar-refractivity contribution in [2.75, 3.05) is 32.5 Å². The number of carbonyl (C=O) groups excluding carboxylic acids is 2. The fourth-order valence-electron chi connectivity index (χ4n) is 2.36. The lowest BCUT2D eigenvalue weighted by Gasteiger charge is -2.11. The van der Waals surface area contributed by atoms with Crippen LogP contribution in [-0.2, 0) is 9.59 Å². The number of benzene rings is 1. The van der Waals surface area contributed by atoms with Crippen LogP contribution in [0.2, 0.25) is 0 Å². The standard InChI is InChI=1S/C15H21N3O2/c1-18(2)9-5-8-16-14(19)10-12-11-6-3-4-7-13(11)17-15(12)20/h3-4,6-7,12H,5,8-10H2,1-2H3,(H,16,19)(H,17,20). The number of hydrogen-bond donors (Lipinski definition) is 2. The Morgan fingerprint density at radius 2 is 2.10 bits per heavy atom. The number of hydrogen-bond acceptors (Lipinski definition) is 3. The highest BCUT2D eigenvalue weighted by molar-refractivity contribution is 6.04. The monoisotopic (exact) mass is 275 g/mol. The van der Waals surface area contributed by atoms with Crippen LogP contribution in [0.4, 0.5) is 5.69 Å². The van der Waals surface area contributed by atoms with Gasteiger partial charge < -0.3 is 15.5 Å². The van der Waals surface area contributed by atoms with E-state index in [1.165, 1.54) is 0 Å². The zero-order valence-electron chi connectivity index (χ0n) is 12.0. The molecule has 0 saturated carbocycles. The maximum atomic E-state index is 11.9. The molecule has 1 aromatic carbocycles. The van der Waals surface area contributed by atoms with Gasteiger partial charge in [0.1, 0.15) is 0 Å². The molecule has 0 radical (unpaired) electrons. The molecule has 0 saturated heterocycles. The number of fused-ring (bicyclic) bond motifs is 1. The molecular weight excluding hydrogens is 254 g/mol. The third-order valence-corrected chi connectivity index (χ3v) is 3.40. The fourth-order valence-corrected chi connectivity index (χ4v) is 2.36. The Balaban J connectivity index is 1.84. The lowest BCUT2D eigenvalue weighted by Crippen LogP contribution is -2.29. The first kappa shape index (κ1) is 14.5. The van der Waals surface area contributed by atoms with Gasteiger partial charge in [-0.05, 0) is 38.7 Å². The SMILES string of the molecule is CN(C)CCCNC(=O)CC1C(=O)Nc2ccccc21. The third kappa shape index (κ3) is 3.57. The van der Waals surface area contributed by atoms with Crippen molar-refractivity contribution in [3.63, 3.8) is 0 Å². The Labute approximate surface area is 119 Å². The second-order valence-electron chi connectivity index (χ2n) is 5.34. The zero-order chi connectivity index (χ0) is 14.5. The van der Waals surface area contributed by atoms with E-state index in [2.05, 4.69) is 15.5 Å². The van der Waals surface area contributed by atoms with E-state index in [9.17, 15) is 9.59 Å². The van der Waals surface area contributed by atoms with E-state index >= 15 is 0 Å². The molecule has 0 spiro atoms. The number of nitrogens with zero attached hydrogens (tertiary/aromatic N) is 1. The Hall–Kier alpha value is -1.88. The first-order valence-corrected chi connectivity index (χ1v) is 6.89. The van der Waals surface area contributed by atoms with Crippen LogP contribution in [0.1, 0.15) is 24.3 Å². The number of nitrogens with one attached hydrogen (secondary N) is 2. The molecule has 1 aromatic rings. The second kappa shape index (κ2) is 6.52. The van der Waals surface area contributed by atoms with E-state index < -0.39 is 0 Å². The number of rotatable bonds is 6. The summed E-state index contributed by atoms with van der Waals surface area (Å²) in [5.41, 5.74) is 1.74. The van der Waals surface area contributed by atoms with Crippen LogP contribution in [-0.4, -0.2) is 43.9 Å². The van der Waals surface area contributed by atoms with E-state index in [1.54, 1.807) is 0 Å². The molecule has 5 heteroatoms. The van der Waals surface area contributed by atoms with Crippen LogP contribution >= 0.6 is 0 Å². The molecule has 2 rings (SSSR count). The predicted octanol–water partition coefficient (Wildman–Crippen LogP) is 1.18. The molecule has 2 N–H and O–H groups in total. The average molecular weight is 275 g/mol. The highest BCUT2D eigenvalue weighted by Crippen LogP contribution is 2.34. The summed E-state index contributed by atoms with van der Waals surface area (Å²) in [6, 6.07) is 7.53. The van der Waals surface area contributed by atoms with E-state index in [0.717, 1.165) is 24.2 Å². The molecule has 5 nitrogen and oxygen atoms in total. The summed E-state index contributed by atoms with van der Waals surface area (Å²) in [4.78, 5) is 25.9. The quantitative estimate of drug-likeness (QED) is 0.766. The van der Waals surface area contributed by atoms with E-state index in [-0.39, 0.29) is 24.2 Å². The first-order chi connectivity index (χ1) is 9.58. The Morgan fingerprint density at radius 3 is 2.85 bits per heavy atom. The Bertz CT molecular complexity index is 500. The third-order valence-electron chi connectivity index (χ3n) is 3.40. The summed E-state index contributed by atoms with van der Waals surface area (Å²) in [5, 5.41) is 5.68. The number of para-hydroxylation sites is 1. The van der Waals surface area contributed by atoms with E-state index in [0.29, 0.717) is 6.54 Å². The maximum absolute atomic E-state index is 11.9. The minimum atomic E-state index is -0.361. The lowest BCUT2D eigenvalue weighted by molar-refractivity contribution is -0.125. The molecule has 108 valence electrons. The number of amides is 2. The Kier molecular flexibility index (Phi) is 4.74. The lowest BCUT2D eigenvalue weighted by atomic mass is 9.97. The van der Waals surface area contributed by atoms with Crippen molar-refractivity contribution in [2.45, 2.75) is 18.8 Å². The van der Waals surface area contributed by atoms with Crippen LogP contribution in [0.3, 0.4) is 0 Å². The molecule has 0 fully saturated rings. The van der Waals surface area contributed by atoms with Gasteiger partial charge in [0.25, 0.3) is 0 Å². The molecule has 20 heavy (non-hydrogen) atoms. The minimum Gasteiger partial charge on any atom is -0.356 e. The summed E-state index contributed by atoms with van der Waals surface area (Å²) in [7, 11) is 4.00. The van der Waals surface area contributed by atoms with Gasteiger partial charge in [0.15, 0.2) is 0 Å².